The molecule has 4 heterocycles. The summed E-state index contributed by atoms with van der Waals surface area (Å²) < 4.78 is 4.77. The molecule has 6 aromatic carbocycles. The highest BCUT2D eigenvalue weighted by Crippen LogP contribution is 2.41. The minimum atomic E-state index is 0.677. The number of hydrogen-bond donors (Lipinski definition) is 0. The predicted octanol–water partition coefficient (Wildman–Crippen LogP) is 12.0. The summed E-state index contributed by atoms with van der Waals surface area (Å²) in [6.07, 6.45) is 1.93. The van der Waals surface area contributed by atoms with E-state index >= 15 is 0 Å². The van der Waals surface area contributed by atoms with Crippen molar-refractivity contribution in [2.24, 2.45) is 0 Å². The third-order valence-corrected chi connectivity index (χ3v) is 10.6. The van der Waals surface area contributed by atoms with E-state index in [-0.39, 0.29) is 0 Å². The van der Waals surface area contributed by atoms with Crippen LogP contribution in [0.4, 0.5) is 0 Å². The van der Waals surface area contributed by atoms with Gasteiger partial charge in [0.2, 0.25) is 0 Å². The second kappa shape index (κ2) is 11.6. The minimum absolute atomic E-state index is 0.677. The highest BCUT2D eigenvalue weighted by atomic mass is 32.1. The van der Waals surface area contributed by atoms with Crippen molar-refractivity contribution >= 4 is 53.4 Å². The lowest BCUT2D eigenvalue weighted by Gasteiger charge is -2.15. The van der Waals surface area contributed by atoms with E-state index in [4.69, 9.17) is 15.0 Å². The van der Waals surface area contributed by atoms with Gasteiger partial charge in [-0.15, -0.1) is 11.3 Å². The van der Waals surface area contributed by atoms with Gasteiger partial charge in [-0.3, -0.25) is 4.98 Å². The molecule has 0 bridgehead atoms. The van der Waals surface area contributed by atoms with Gasteiger partial charge in [-0.2, -0.15) is 0 Å². The molecular formula is C45H28N4S. The number of pyridine rings is 1. The first kappa shape index (κ1) is 28.6. The van der Waals surface area contributed by atoms with E-state index in [0.29, 0.717) is 5.82 Å². The quantitative estimate of drug-likeness (QED) is 0.185. The number of hydrogen-bond acceptors (Lipinski definition) is 4. The lowest BCUT2D eigenvalue weighted by atomic mass is 10.0. The molecule has 10 aromatic rings. The fourth-order valence-electron chi connectivity index (χ4n) is 7.15. The van der Waals surface area contributed by atoms with Gasteiger partial charge < -0.3 is 4.57 Å². The first-order valence-corrected chi connectivity index (χ1v) is 17.5. The Hall–Kier alpha value is -6.43. The number of para-hydroxylation sites is 2. The molecule has 0 radical (unpaired) electrons. The number of benzene rings is 6. The van der Waals surface area contributed by atoms with Crippen LogP contribution in [0.3, 0.4) is 0 Å². The summed E-state index contributed by atoms with van der Waals surface area (Å²) in [6.45, 7) is 0. The van der Waals surface area contributed by atoms with Crippen molar-refractivity contribution < 1.29 is 0 Å². The number of fused-ring (bicyclic) bond motifs is 6. The maximum atomic E-state index is 5.25. The van der Waals surface area contributed by atoms with Gasteiger partial charge in [-0.25, -0.2) is 9.97 Å². The Balaban J connectivity index is 1.29. The lowest BCUT2D eigenvalue weighted by Crippen LogP contribution is -1.99. The Morgan fingerprint density at radius 3 is 1.68 bits per heavy atom. The van der Waals surface area contributed by atoms with E-state index in [1.54, 1.807) is 11.3 Å². The fraction of sp³-hybridized carbons (Fsp3) is 0. The summed E-state index contributed by atoms with van der Waals surface area (Å²) in [5, 5.41) is 3.62. The standard InChI is InChI=1S/C45H28N4S/c1-3-13-29(14-4-1)38-28-39(30-15-5-2-6-16-30)48-45(47-38)32-25-31(34-23-24-46-43-37-19-9-12-22-42(37)50-44(34)43)26-33(27-32)49-40-20-10-7-17-35(40)36-18-8-11-21-41(36)49/h1-28H. The van der Waals surface area contributed by atoms with Gasteiger partial charge in [-0.05, 0) is 54.1 Å². The Kier molecular flexibility index (Phi) is 6.64. The third kappa shape index (κ3) is 4.71. The topological polar surface area (TPSA) is 43.6 Å². The van der Waals surface area contributed by atoms with E-state index in [0.717, 1.165) is 61.4 Å². The van der Waals surface area contributed by atoms with E-state index in [1.807, 2.05) is 18.3 Å². The zero-order valence-corrected chi connectivity index (χ0v) is 27.7. The van der Waals surface area contributed by atoms with Crippen LogP contribution in [-0.2, 0) is 0 Å². The van der Waals surface area contributed by atoms with Crippen molar-refractivity contribution in [2.45, 2.75) is 0 Å². The number of aromatic nitrogens is 4. The first-order chi connectivity index (χ1) is 24.8. The monoisotopic (exact) mass is 656 g/mol. The zero-order valence-electron chi connectivity index (χ0n) is 26.9. The van der Waals surface area contributed by atoms with Crippen LogP contribution in [0.2, 0.25) is 0 Å². The van der Waals surface area contributed by atoms with E-state index in [1.165, 1.54) is 25.6 Å². The molecule has 5 heteroatoms. The summed E-state index contributed by atoms with van der Waals surface area (Å²) in [4.78, 5) is 15.4. The van der Waals surface area contributed by atoms with Gasteiger partial charge in [0.1, 0.15) is 0 Å². The van der Waals surface area contributed by atoms with Gasteiger partial charge >= 0.3 is 0 Å². The van der Waals surface area contributed by atoms with Crippen LogP contribution in [0.1, 0.15) is 0 Å². The maximum Gasteiger partial charge on any atom is 0.160 e. The second-order valence-corrected chi connectivity index (χ2v) is 13.5. The molecule has 234 valence electrons. The van der Waals surface area contributed by atoms with Crippen LogP contribution in [0.25, 0.3) is 92.8 Å². The molecule has 0 spiro atoms. The van der Waals surface area contributed by atoms with Crippen LogP contribution >= 0.6 is 11.3 Å². The van der Waals surface area contributed by atoms with Crippen LogP contribution in [-0.4, -0.2) is 19.5 Å². The Bertz CT molecular complexity index is 2760. The molecule has 0 aliphatic rings. The van der Waals surface area contributed by atoms with Crippen molar-refractivity contribution in [3.63, 3.8) is 0 Å². The molecule has 0 atom stereocenters. The van der Waals surface area contributed by atoms with Crippen molar-refractivity contribution in [3.8, 4) is 50.7 Å². The summed E-state index contributed by atoms with van der Waals surface area (Å²) in [5.41, 5.74) is 11.4. The fourth-order valence-corrected chi connectivity index (χ4v) is 8.34. The number of rotatable bonds is 5. The Morgan fingerprint density at radius 2 is 1.02 bits per heavy atom. The molecule has 0 aliphatic heterocycles. The van der Waals surface area contributed by atoms with Crippen LogP contribution < -0.4 is 0 Å². The normalized spacial score (nSPS) is 11.6. The van der Waals surface area contributed by atoms with Crippen LogP contribution in [0, 0.1) is 0 Å². The van der Waals surface area contributed by atoms with E-state index < -0.39 is 0 Å². The number of thiophene rings is 1. The summed E-state index contributed by atoms with van der Waals surface area (Å²) >= 11 is 1.79. The second-order valence-electron chi connectivity index (χ2n) is 12.5. The lowest BCUT2D eigenvalue weighted by molar-refractivity contribution is 1.16. The summed E-state index contributed by atoms with van der Waals surface area (Å²) in [6, 6.07) is 57.6. The van der Waals surface area contributed by atoms with Gasteiger partial charge in [0, 0.05) is 55.0 Å². The molecule has 0 fully saturated rings. The SMILES string of the molecule is c1ccc(-c2cc(-c3ccccc3)nc(-c3cc(-c4ccnc5c4sc4ccccc45)cc(-n4c5ccccc5c5ccccc54)c3)n2)cc1. The molecule has 0 saturated heterocycles. The van der Waals surface area contributed by atoms with Crippen LogP contribution in [0.5, 0.6) is 0 Å². The Labute approximate surface area is 292 Å². The highest BCUT2D eigenvalue weighted by Gasteiger charge is 2.18. The van der Waals surface area contributed by atoms with Gasteiger partial charge in [0.15, 0.2) is 5.82 Å². The van der Waals surface area contributed by atoms with Crippen molar-refractivity contribution in [1.29, 1.82) is 0 Å². The molecule has 4 nitrogen and oxygen atoms in total. The van der Waals surface area contributed by atoms with Crippen molar-refractivity contribution in [1.82, 2.24) is 19.5 Å². The molecule has 50 heavy (non-hydrogen) atoms. The molecule has 0 unspecified atom stereocenters. The number of nitrogens with zero attached hydrogens (tertiary/aromatic N) is 4. The third-order valence-electron chi connectivity index (χ3n) is 9.45. The largest absolute Gasteiger partial charge is 0.309 e. The van der Waals surface area contributed by atoms with E-state index in [2.05, 4.69) is 156 Å². The Morgan fingerprint density at radius 1 is 0.460 bits per heavy atom. The molecule has 4 aromatic heterocycles. The molecular weight excluding hydrogens is 629 g/mol. The summed E-state index contributed by atoms with van der Waals surface area (Å²) in [7, 11) is 0. The highest BCUT2D eigenvalue weighted by molar-refractivity contribution is 7.26. The van der Waals surface area contributed by atoms with Gasteiger partial charge in [0.05, 0.1) is 32.6 Å². The molecule has 0 N–H and O–H groups in total. The molecule has 0 aliphatic carbocycles. The van der Waals surface area contributed by atoms with Gasteiger partial charge in [-0.1, -0.05) is 115 Å². The van der Waals surface area contributed by atoms with Crippen molar-refractivity contribution in [3.05, 3.63) is 170 Å². The minimum Gasteiger partial charge on any atom is -0.309 e. The zero-order chi connectivity index (χ0) is 33.0. The first-order valence-electron chi connectivity index (χ1n) is 16.7. The molecule has 10 rings (SSSR count). The smallest absolute Gasteiger partial charge is 0.160 e. The maximum absolute atomic E-state index is 5.25. The van der Waals surface area contributed by atoms with Crippen LogP contribution in [0.15, 0.2) is 170 Å². The molecule has 0 saturated carbocycles. The molecule has 0 amide bonds. The predicted molar refractivity (Wildman–Crippen MR) is 209 cm³/mol. The summed E-state index contributed by atoms with van der Waals surface area (Å²) in [5.74, 6) is 0.677. The average Bonchev–Trinajstić information content (AvgIpc) is 3.74. The van der Waals surface area contributed by atoms with Gasteiger partial charge in [0.25, 0.3) is 0 Å². The van der Waals surface area contributed by atoms with Crippen molar-refractivity contribution in [2.75, 3.05) is 0 Å². The average molecular weight is 657 g/mol. The van der Waals surface area contributed by atoms with E-state index in [9.17, 15) is 0 Å².